The number of esters is 1. The molecular weight excluding hydrogens is 717 g/mol. The first-order valence-electron chi connectivity index (χ1n) is 21.7. The Labute approximate surface area is 334 Å². The molecule has 1 aliphatic carbocycles. The highest BCUT2D eigenvalue weighted by Crippen LogP contribution is 2.39. The summed E-state index contributed by atoms with van der Waals surface area (Å²) in [6.45, 7) is 4.15. The van der Waals surface area contributed by atoms with Crippen LogP contribution in [0.25, 0.3) is 0 Å². The molecule has 2 aliphatic rings. The molecule has 1 aliphatic heterocycles. The Bertz CT molecular complexity index is 1240. The van der Waals surface area contributed by atoms with Crippen LogP contribution in [0.1, 0.15) is 155 Å². The second kappa shape index (κ2) is 28.5. The molecule has 1 saturated heterocycles. The molecule has 0 spiro atoms. The Kier molecular flexibility index (Phi) is 25.5. The lowest BCUT2D eigenvalue weighted by molar-refractivity contribution is -0.870. The summed E-state index contributed by atoms with van der Waals surface area (Å²) in [7, 11) is 1.10. The number of hydrogen-bond acceptors (Lipinski definition) is 9. The van der Waals surface area contributed by atoms with Gasteiger partial charge in [0.15, 0.2) is 5.78 Å². The molecular formula is C44H76NO9P. The van der Waals surface area contributed by atoms with Crippen LogP contribution in [0.5, 0.6) is 0 Å². The van der Waals surface area contributed by atoms with Gasteiger partial charge < -0.3 is 27.9 Å². The smallest absolute Gasteiger partial charge is 0.305 e. The minimum absolute atomic E-state index is 0.0254. The van der Waals surface area contributed by atoms with Gasteiger partial charge in [0.25, 0.3) is 7.82 Å². The van der Waals surface area contributed by atoms with E-state index in [0.717, 1.165) is 37.7 Å². The van der Waals surface area contributed by atoms with Crippen LogP contribution >= 0.6 is 7.82 Å². The van der Waals surface area contributed by atoms with E-state index in [2.05, 4.69) is 26.0 Å². The first kappa shape index (κ1) is 49.2. The average Bonchev–Trinajstić information content (AvgIpc) is 3.78. The molecule has 0 radical (unpaired) electrons. The normalized spacial score (nSPS) is 20.7. The van der Waals surface area contributed by atoms with Gasteiger partial charge in [-0.15, -0.1) is 0 Å². The molecule has 0 saturated carbocycles. The molecule has 10 nitrogen and oxygen atoms in total. The number of phosphoric ester groups is 1. The van der Waals surface area contributed by atoms with Crippen molar-refractivity contribution >= 4 is 25.4 Å². The highest BCUT2D eigenvalue weighted by atomic mass is 31.2. The van der Waals surface area contributed by atoms with Crippen LogP contribution in [0.2, 0.25) is 0 Å². The van der Waals surface area contributed by atoms with Gasteiger partial charge in [0.2, 0.25) is 0 Å². The van der Waals surface area contributed by atoms with E-state index in [1.807, 2.05) is 33.3 Å². The number of ketones is 2. The Morgan fingerprint density at radius 1 is 0.836 bits per heavy atom. The average molecular weight is 794 g/mol. The maximum Gasteiger partial charge on any atom is 0.305 e. The first-order chi connectivity index (χ1) is 26.3. The van der Waals surface area contributed by atoms with Crippen molar-refractivity contribution in [1.82, 2.24) is 0 Å². The van der Waals surface area contributed by atoms with E-state index in [4.69, 9.17) is 18.5 Å². The predicted molar refractivity (Wildman–Crippen MR) is 218 cm³/mol. The van der Waals surface area contributed by atoms with E-state index in [1.165, 1.54) is 83.5 Å². The van der Waals surface area contributed by atoms with Crippen molar-refractivity contribution < 1.29 is 46.8 Å². The van der Waals surface area contributed by atoms with Crippen LogP contribution in [0.3, 0.4) is 0 Å². The van der Waals surface area contributed by atoms with Crippen molar-refractivity contribution in [2.45, 2.75) is 167 Å². The van der Waals surface area contributed by atoms with Crippen LogP contribution in [-0.4, -0.2) is 81.7 Å². The second-order valence-corrected chi connectivity index (χ2v) is 18.0. The van der Waals surface area contributed by atoms with Gasteiger partial charge in [-0.1, -0.05) is 122 Å². The number of allylic oxidation sites excluding steroid dienone is 5. The standard InChI is InChI=1S/C44H76NO9P/c1-6-8-10-12-14-15-16-17-18-19-20-22-24-29-44(48)51-35-38(36-53-55(49,50)52-33-32-45(3,4)5)40(46)27-25-28-42-43(54-42)34-39-37(30-31-41(39)47)26-23-21-13-11-9-7-2/h21,23,30-31,34,37-38,42-43H,6-20,22,24-29,32-33,35-36H2,1-5H3/b23-21-,39-34+/t37?,38-,42?,43?/m1/s1. The summed E-state index contributed by atoms with van der Waals surface area (Å²) in [5.41, 5.74) is 0.769. The third-order valence-corrected chi connectivity index (χ3v) is 11.4. The van der Waals surface area contributed by atoms with Gasteiger partial charge in [0, 0.05) is 24.3 Å². The minimum Gasteiger partial charge on any atom is -0.756 e. The fourth-order valence-corrected chi connectivity index (χ4v) is 7.44. The van der Waals surface area contributed by atoms with Gasteiger partial charge in [-0.05, 0) is 50.7 Å². The van der Waals surface area contributed by atoms with E-state index >= 15 is 0 Å². The third-order valence-electron chi connectivity index (χ3n) is 10.4. The lowest BCUT2D eigenvalue weighted by Gasteiger charge is -2.28. The summed E-state index contributed by atoms with van der Waals surface area (Å²) in [6, 6.07) is 0. The highest BCUT2D eigenvalue weighted by Gasteiger charge is 2.38. The van der Waals surface area contributed by atoms with Crippen LogP contribution in [0.4, 0.5) is 0 Å². The lowest BCUT2D eigenvalue weighted by Crippen LogP contribution is -2.37. The molecule has 0 aromatic heterocycles. The van der Waals surface area contributed by atoms with E-state index in [-0.39, 0.29) is 55.7 Å². The zero-order valence-corrected chi connectivity index (χ0v) is 36.0. The number of likely N-dealkylation sites (N-methyl/N-ethyl adjacent to an activating group) is 1. The molecule has 1 heterocycles. The summed E-state index contributed by atoms with van der Waals surface area (Å²) in [6.07, 6.45) is 32.4. The monoisotopic (exact) mass is 794 g/mol. The number of ether oxygens (including phenoxy) is 2. The van der Waals surface area contributed by atoms with Crippen molar-refractivity contribution in [1.29, 1.82) is 0 Å². The van der Waals surface area contributed by atoms with Crippen molar-refractivity contribution in [2.75, 3.05) is 47.5 Å². The van der Waals surface area contributed by atoms with Crippen molar-refractivity contribution in [3.8, 4) is 0 Å². The van der Waals surface area contributed by atoms with Crippen LogP contribution in [0.15, 0.2) is 36.0 Å². The summed E-state index contributed by atoms with van der Waals surface area (Å²) >= 11 is 0. The molecule has 1 fully saturated rings. The van der Waals surface area contributed by atoms with Gasteiger partial charge in [0.1, 0.15) is 31.6 Å². The molecule has 11 heteroatoms. The van der Waals surface area contributed by atoms with Crippen molar-refractivity contribution in [2.24, 2.45) is 11.8 Å². The van der Waals surface area contributed by atoms with E-state index in [9.17, 15) is 23.8 Å². The Morgan fingerprint density at radius 3 is 2.09 bits per heavy atom. The minimum atomic E-state index is -4.66. The number of phosphoric acid groups is 1. The van der Waals surface area contributed by atoms with E-state index in [1.54, 1.807) is 6.08 Å². The van der Waals surface area contributed by atoms with Gasteiger partial charge >= 0.3 is 5.97 Å². The van der Waals surface area contributed by atoms with Crippen LogP contribution in [0, 0.1) is 11.8 Å². The topological polar surface area (TPSA) is 132 Å². The number of rotatable bonds is 35. The Balaban J connectivity index is 1.77. The molecule has 4 unspecified atom stereocenters. The lowest BCUT2D eigenvalue weighted by atomic mass is 9.96. The zero-order chi connectivity index (χ0) is 40.4. The second-order valence-electron chi connectivity index (χ2n) is 16.6. The van der Waals surface area contributed by atoms with E-state index in [0.29, 0.717) is 23.9 Å². The summed E-state index contributed by atoms with van der Waals surface area (Å²) in [4.78, 5) is 50.9. The maximum atomic E-state index is 13.3. The summed E-state index contributed by atoms with van der Waals surface area (Å²) < 4.78 is 34.5. The quantitative estimate of drug-likeness (QED) is 0.0117. The molecule has 55 heavy (non-hydrogen) atoms. The molecule has 2 rings (SSSR count). The number of Topliss-reactive ketones (excluding diaryl/α,β-unsaturated/α-hetero) is 1. The van der Waals surface area contributed by atoms with Gasteiger partial charge in [0.05, 0.1) is 39.8 Å². The molecule has 0 bridgehead atoms. The molecule has 0 aromatic rings. The fraction of sp³-hybridized carbons (Fsp3) is 0.795. The fourth-order valence-electron chi connectivity index (χ4n) is 6.70. The molecule has 316 valence electrons. The number of hydrogen-bond donors (Lipinski definition) is 0. The maximum absolute atomic E-state index is 13.3. The predicted octanol–water partition coefficient (Wildman–Crippen LogP) is 9.55. The number of epoxide rings is 1. The number of unbranched alkanes of at least 4 members (excludes halogenated alkanes) is 15. The molecule has 0 aromatic carbocycles. The SMILES string of the molecule is CCCCC/C=C\CC1C=CC(=O)/C1=C/C1OC1CCCC(=O)[C@H](COC(=O)CCCCCCCCCCCCCCC)COP(=O)([O-])OCC[N+](C)(C)C. The van der Waals surface area contributed by atoms with Gasteiger partial charge in [-0.3, -0.25) is 18.9 Å². The first-order valence-corrected chi connectivity index (χ1v) is 23.1. The molecule has 0 amide bonds. The number of nitrogens with zero attached hydrogens (tertiary/aromatic N) is 1. The van der Waals surface area contributed by atoms with Crippen LogP contribution < -0.4 is 4.89 Å². The number of carbonyl (C=O) groups is 3. The number of quaternary nitrogens is 1. The zero-order valence-electron chi connectivity index (χ0n) is 35.1. The van der Waals surface area contributed by atoms with Gasteiger partial charge in [-0.25, -0.2) is 0 Å². The highest BCUT2D eigenvalue weighted by molar-refractivity contribution is 7.45. The van der Waals surface area contributed by atoms with Gasteiger partial charge in [-0.2, -0.15) is 0 Å². The summed E-state index contributed by atoms with van der Waals surface area (Å²) in [5.74, 6) is -1.48. The largest absolute Gasteiger partial charge is 0.756 e. The van der Waals surface area contributed by atoms with Crippen molar-refractivity contribution in [3.05, 3.63) is 36.0 Å². The van der Waals surface area contributed by atoms with Crippen LogP contribution in [-0.2, 0) is 37.5 Å². The van der Waals surface area contributed by atoms with E-state index < -0.39 is 26.3 Å². The number of carbonyl (C=O) groups excluding carboxylic acids is 3. The Morgan fingerprint density at radius 2 is 1.45 bits per heavy atom. The third kappa shape index (κ3) is 24.4. The van der Waals surface area contributed by atoms with Crippen molar-refractivity contribution in [3.63, 3.8) is 0 Å². The molecule has 0 N–H and O–H groups in total. The molecule has 5 atom stereocenters. The summed E-state index contributed by atoms with van der Waals surface area (Å²) in [5, 5.41) is 0. The Hall–Kier alpha value is -1.94.